The first kappa shape index (κ1) is 97.0. The molecule has 0 radical (unpaired) electrons. The average Bonchev–Trinajstić information content (AvgIpc) is 1.74. The van der Waals surface area contributed by atoms with Gasteiger partial charge >= 0.3 is 34.0 Å². The molecule has 660 valence electrons. The van der Waals surface area contributed by atoms with Crippen LogP contribution in [-0.2, 0) is 0 Å². The van der Waals surface area contributed by atoms with Crippen LogP contribution in [0.1, 0.15) is 242 Å². The van der Waals surface area contributed by atoms with Crippen molar-refractivity contribution >= 4 is 56.0 Å². The molecule has 0 spiro atoms. The zero-order chi connectivity index (χ0) is 90.3. The van der Waals surface area contributed by atoms with Gasteiger partial charge in [0.1, 0.15) is 68.7 Å². The van der Waals surface area contributed by atoms with Crippen molar-refractivity contribution in [2.75, 3.05) is 0 Å². The zero-order valence-electron chi connectivity index (χ0n) is 79.2. The van der Waals surface area contributed by atoms with Crippen LogP contribution in [0, 0.1) is 166 Å². The van der Waals surface area contributed by atoms with E-state index >= 15 is 0 Å². The molecule has 0 aliphatic carbocycles. The van der Waals surface area contributed by atoms with E-state index in [-0.39, 0.29) is 19.3 Å². The Morgan fingerprint density at radius 3 is 0.624 bits per heavy atom. The largest absolute Gasteiger partial charge is 0.530 e. The second-order valence-electron chi connectivity index (χ2n) is 35.2. The molecule has 0 N–H and O–H groups in total. The first-order chi connectivity index (χ1) is 58.6. The predicted molar refractivity (Wildman–Crippen MR) is 529 cm³/mol. The Bertz CT molecular complexity index is 5630. The molecule has 16 heteroatoms. The van der Waals surface area contributed by atoms with Gasteiger partial charge in [0.2, 0.25) is 0 Å². The minimum atomic E-state index is -2.04. The fraction of sp³-hybridized carbons (Fsp3) is 0.339. The molecule has 0 amide bonds. The van der Waals surface area contributed by atoms with Gasteiger partial charge in [-0.1, -0.05) is 229 Å². The van der Waals surface area contributed by atoms with Gasteiger partial charge in [-0.25, -0.2) is 0 Å². The molecule has 12 nitrogen and oxygen atoms in total. The summed E-state index contributed by atoms with van der Waals surface area (Å²) in [5.74, 6) is 8.14. The Balaban J connectivity index is 0.000000217. The van der Waals surface area contributed by atoms with Gasteiger partial charge in [-0.05, 0) is 350 Å². The SMILES string of the molecule is C.Cc1ccc(OP(Oc2ccc(C)cc2C)Oc2c(C(C)C)cc(C)c(C)c2-c2c(C)c(C)cc(C(C)C)c2OP(Oc2ccc(C)cc2C)Oc2ccc(C)cc2C)c(C)c1.Cc1ccc(OP(Oc2ccc(C)cc2C)Oc2ccc(C)cc2C)c(C)c1.Cc1ccc(Op2oc3c(C(C)C)cc(C)c(C)c3c3c(C)c(C)cc(C(C)C)c3o2)c(C)c1. The quantitative estimate of drug-likeness (QED) is 0.0507. The summed E-state index contributed by atoms with van der Waals surface area (Å²) in [6.45, 7) is 68.1. The van der Waals surface area contributed by atoms with Gasteiger partial charge in [0.25, 0.3) is 0 Å². The highest BCUT2D eigenvalue weighted by Gasteiger charge is 2.35. The van der Waals surface area contributed by atoms with Crippen molar-refractivity contribution in [3.05, 3.63) is 326 Å². The third kappa shape index (κ3) is 23.6. The summed E-state index contributed by atoms with van der Waals surface area (Å²) in [5, 5.41) is 2.30. The predicted octanol–water partition coefficient (Wildman–Crippen LogP) is 35.0. The van der Waals surface area contributed by atoms with Crippen LogP contribution >= 0.6 is 34.0 Å². The molecule has 0 fully saturated rings. The second kappa shape index (κ2) is 42.0. The lowest BCUT2D eigenvalue weighted by Crippen LogP contribution is -2.11. The Kier molecular flexibility index (Phi) is 32.6. The molecule has 0 atom stereocenters. The van der Waals surface area contributed by atoms with Gasteiger partial charge in [-0.2, -0.15) is 0 Å². The molecule has 1 heterocycles. The van der Waals surface area contributed by atoms with Crippen molar-refractivity contribution in [2.24, 2.45) is 0 Å². The lowest BCUT2D eigenvalue weighted by atomic mass is 9.84. The highest BCUT2D eigenvalue weighted by molar-refractivity contribution is 7.43. The molecule has 12 aromatic carbocycles. The van der Waals surface area contributed by atoms with E-state index in [4.69, 9.17) is 53.6 Å². The molecule has 13 rings (SSSR count). The maximum Gasteiger partial charge on any atom is 0.530 e. The molecule has 0 saturated carbocycles. The van der Waals surface area contributed by atoms with Crippen LogP contribution < -0.4 is 45.2 Å². The van der Waals surface area contributed by atoms with E-state index in [0.29, 0.717) is 46.3 Å². The first-order valence-electron chi connectivity index (χ1n) is 43.1. The van der Waals surface area contributed by atoms with E-state index in [0.717, 1.165) is 156 Å². The normalized spacial score (nSPS) is 11.3. The summed E-state index contributed by atoms with van der Waals surface area (Å²) in [5.41, 5.74) is 35.2. The molecule has 13 aromatic rings. The summed E-state index contributed by atoms with van der Waals surface area (Å²) in [4.78, 5) is 0. The van der Waals surface area contributed by atoms with Gasteiger partial charge in [0, 0.05) is 21.9 Å². The fourth-order valence-electron chi connectivity index (χ4n) is 15.4. The molecular formula is C109H132O12P4. The molecule has 0 bridgehead atoms. The minimum Gasteiger partial charge on any atom is -0.408 e. The van der Waals surface area contributed by atoms with Gasteiger partial charge < -0.3 is 53.6 Å². The standard InChI is InChI=1S/C54H64O6P2.C30H37O3P.C24H27O3P.CH4/c1-31(2)45-29-37(9)43(15)51(53(45)59-61(55-47-21-17-33(5)25-39(47)11)56-48-22-18-34(6)26-40(48)12)52-44(16)38(10)30-46(32(3)4)54(52)60-62(57-49-23-19-35(7)27-41(49)13)58-50-24-20-36(8)28-42(50)14;1-16(2)24-14-19(6)22(9)27-28-23(10)20(7)15-25(17(3)4)30(28)33-34(32-29(24)27)31-26-12-11-18(5)13-21(26)8;1-16-7-10-22(19(4)13-16)25-28(26-23-11-8-17(2)14-20(23)5)27-24-12-9-18(3)15-21(24)6;/h17-32H,1-16H3;11-17H,1-10H3;7-15H,1-6H3;1H4. The van der Waals surface area contributed by atoms with Gasteiger partial charge in [-0.15, -0.1) is 0 Å². The number of benzene rings is 12. The van der Waals surface area contributed by atoms with Crippen molar-refractivity contribution < 1.29 is 53.6 Å². The number of rotatable bonds is 25. The van der Waals surface area contributed by atoms with E-state index in [1.54, 1.807) is 0 Å². The summed E-state index contributed by atoms with van der Waals surface area (Å²) in [6.07, 6.45) is 0. The lowest BCUT2D eigenvalue weighted by molar-refractivity contribution is 0.380. The summed E-state index contributed by atoms with van der Waals surface area (Å²) < 4.78 is 80.4. The smallest absolute Gasteiger partial charge is 0.408 e. The van der Waals surface area contributed by atoms with Gasteiger partial charge in [0.15, 0.2) is 0 Å². The number of fused-ring (bicyclic) bond motifs is 3. The highest BCUT2D eigenvalue weighted by atomic mass is 31.2. The second-order valence-corrected chi connectivity index (χ2v) is 39.2. The molecular weight excluding hydrogens is 1630 g/mol. The van der Waals surface area contributed by atoms with Crippen molar-refractivity contribution in [1.29, 1.82) is 0 Å². The van der Waals surface area contributed by atoms with E-state index < -0.39 is 34.0 Å². The van der Waals surface area contributed by atoms with Crippen LogP contribution in [0.2, 0.25) is 0 Å². The zero-order valence-corrected chi connectivity index (χ0v) is 82.7. The van der Waals surface area contributed by atoms with Gasteiger partial charge in [-0.3, -0.25) is 0 Å². The topological polar surface area (TPSA) is 119 Å². The van der Waals surface area contributed by atoms with E-state index in [1.807, 2.05) is 87.5 Å². The van der Waals surface area contributed by atoms with Crippen LogP contribution in [0.15, 0.2) is 178 Å². The van der Waals surface area contributed by atoms with Gasteiger partial charge in [0.05, 0.1) is 0 Å². The third-order valence-electron chi connectivity index (χ3n) is 23.0. The Morgan fingerprint density at radius 2 is 0.416 bits per heavy atom. The third-order valence-corrected chi connectivity index (χ3v) is 27.1. The molecule has 0 saturated heterocycles. The van der Waals surface area contributed by atoms with Crippen LogP contribution in [0.5, 0.6) is 57.5 Å². The minimum absolute atomic E-state index is 0. The molecule has 0 aliphatic heterocycles. The summed E-state index contributed by atoms with van der Waals surface area (Å²) in [6, 6.07) is 58.2. The van der Waals surface area contributed by atoms with Crippen molar-refractivity contribution in [1.82, 2.24) is 0 Å². The molecule has 125 heavy (non-hydrogen) atoms. The monoisotopic (exact) mass is 1760 g/mol. The van der Waals surface area contributed by atoms with Crippen molar-refractivity contribution in [3.8, 4) is 68.6 Å². The summed E-state index contributed by atoms with van der Waals surface area (Å²) in [7, 11) is -7.45. The maximum absolute atomic E-state index is 7.31. The number of aryl methyl sites for hydroxylation is 22. The molecule has 0 unspecified atom stereocenters. The van der Waals surface area contributed by atoms with E-state index in [1.165, 1.54) is 55.6 Å². The molecule has 1 aromatic heterocycles. The molecule has 0 aliphatic rings. The lowest BCUT2D eigenvalue weighted by Gasteiger charge is -2.29. The van der Waals surface area contributed by atoms with E-state index in [2.05, 4.69) is 304 Å². The highest BCUT2D eigenvalue weighted by Crippen LogP contribution is 2.58. The Morgan fingerprint density at radius 1 is 0.224 bits per heavy atom. The number of hydrogen-bond donors (Lipinski definition) is 0. The maximum atomic E-state index is 7.31. The Hall–Kier alpha value is -10.2. The number of hydrogen-bond acceptors (Lipinski definition) is 12. The fourth-order valence-corrected chi connectivity index (χ4v) is 20.1. The average molecular weight is 1760 g/mol. The first-order valence-corrected chi connectivity index (χ1v) is 47.5. The van der Waals surface area contributed by atoms with Crippen LogP contribution in [0.4, 0.5) is 0 Å². The van der Waals surface area contributed by atoms with Crippen molar-refractivity contribution in [2.45, 2.75) is 253 Å². The van der Waals surface area contributed by atoms with Crippen LogP contribution in [-0.4, -0.2) is 0 Å². The summed E-state index contributed by atoms with van der Waals surface area (Å²) >= 11 is 0. The van der Waals surface area contributed by atoms with E-state index in [9.17, 15) is 0 Å². The Labute approximate surface area is 751 Å². The van der Waals surface area contributed by atoms with Crippen molar-refractivity contribution in [3.63, 3.8) is 0 Å². The van der Waals surface area contributed by atoms with Crippen LogP contribution in [0.3, 0.4) is 0 Å². The van der Waals surface area contributed by atoms with Crippen LogP contribution in [0.25, 0.3) is 33.1 Å².